The lowest BCUT2D eigenvalue weighted by Crippen LogP contribution is -2.16. The summed E-state index contributed by atoms with van der Waals surface area (Å²) in [6.45, 7) is 11.3. The van der Waals surface area contributed by atoms with Gasteiger partial charge in [-0.2, -0.15) is 0 Å². The topological polar surface area (TPSA) is 33.1 Å². The van der Waals surface area contributed by atoms with Crippen molar-refractivity contribution in [2.75, 3.05) is 10.2 Å². The fourth-order valence-electron chi connectivity index (χ4n) is 9.95. The quantitative estimate of drug-likeness (QED) is 0.158. The molecule has 1 atom stereocenters. The normalized spacial score (nSPS) is 14.9. The zero-order valence-corrected chi connectivity index (χ0v) is 35.9. The van der Waals surface area contributed by atoms with E-state index in [9.17, 15) is 0 Å². The molecule has 0 aliphatic heterocycles. The zero-order valence-electron chi connectivity index (χ0n) is 35.9. The molecule has 2 aliphatic carbocycles. The third-order valence-electron chi connectivity index (χ3n) is 13.1. The van der Waals surface area contributed by atoms with E-state index >= 15 is 0 Å². The molecule has 4 nitrogen and oxygen atoms in total. The van der Waals surface area contributed by atoms with Crippen LogP contribution in [0.25, 0.3) is 67.1 Å². The number of rotatable bonds is 9. The van der Waals surface area contributed by atoms with E-state index in [1.165, 1.54) is 38.6 Å². The molecule has 9 aromatic rings. The summed E-state index contributed by atoms with van der Waals surface area (Å²) in [7, 11) is 0. The molecule has 0 saturated heterocycles. The van der Waals surface area contributed by atoms with Crippen LogP contribution in [0.5, 0.6) is 0 Å². The predicted octanol–water partition coefficient (Wildman–Crippen LogP) is 15.8. The van der Waals surface area contributed by atoms with E-state index in [2.05, 4.69) is 223 Å². The van der Waals surface area contributed by atoms with Gasteiger partial charge in [0.2, 0.25) is 0 Å². The SMILES string of the molecule is C=Cc1c(NC2=CC(C)CC=C2)ccc2c3cc(-c4ccc(N(c5ccc(-c6ccccn6)cc5)c5ccc6c(c5)C(C)(C)c5ccccc5-6)cc4)ccc3n(-c3ccccc3)c12. The molecule has 1 unspecified atom stereocenters. The van der Waals surface area contributed by atoms with Crippen LogP contribution in [0.1, 0.15) is 43.9 Å². The number of anilines is 4. The van der Waals surface area contributed by atoms with Gasteiger partial charge < -0.3 is 14.8 Å². The third-order valence-corrected chi connectivity index (χ3v) is 13.1. The molecule has 0 amide bonds. The summed E-state index contributed by atoms with van der Waals surface area (Å²) in [4.78, 5) is 6.99. The average molecular weight is 813 g/mol. The summed E-state index contributed by atoms with van der Waals surface area (Å²) in [5, 5.41) is 6.13. The lowest BCUT2D eigenvalue weighted by molar-refractivity contribution is 0.660. The van der Waals surface area contributed by atoms with Gasteiger partial charge in [0.1, 0.15) is 0 Å². The first-order valence-electron chi connectivity index (χ1n) is 22.0. The molecule has 2 aromatic heterocycles. The second kappa shape index (κ2) is 15.3. The highest BCUT2D eigenvalue weighted by molar-refractivity contribution is 6.14. The van der Waals surface area contributed by atoms with Crippen molar-refractivity contribution in [3.05, 3.63) is 223 Å². The lowest BCUT2D eigenvalue weighted by Gasteiger charge is -2.28. The van der Waals surface area contributed by atoms with Crippen LogP contribution < -0.4 is 10.2 Å². The van der Waals surface area contributed by atoms with Gasteiger partial charge in [0, 0.05) is 67.6 Å². The number of nitrogens with zero attached hydrogens (tertiary/aromatic N) is 3. The Bertz CT molecular complexity index is 3260. The fourth-order valence-corrected chi connectivity index (χ4v) is 9.95. The highest BCUT2D eigenvalue weighted by Gasteiger charge is 2.35. The van der Waals surface area contributed by atoms with Gasteiger partial charge in [0.25, 0.3) is 0 Å². The third kappa shape index (κ3) is 6.58. The van der Waals surface area contributed by atoms with Gasteiger partial charge in [0.05, 0.1) is 16.7 Å². The van der Waals surface area contributed by atoms with Crippen molar-refractivity contribution < 1.29 is 0 Å². The molecule has 0 saturated carbocycles. The maximum Gasteiger partial charge on any atom is 0.0701 e. The van der Waals surface area contributed by atoms with Crippen molar-refractivity contribution in [1.29, 1.82) is 0 Å². The monoisotopic (exact) mass is 812 g/mol. The van der Waals surface area contributed by atoms with E-state index in [4.69, 9.17) is 0 Å². The molecule has 0 radical (unpaired) electrons. The summed E-state index contributed by atoms with van der Waals surface area (Å²) in [6.07, 6.45) is 11.7. The van der Waals surface area contributed by atoms with E-state index in [-0.39, 0.29) is 5.41 Å². The average Bonchev–Trinajstić information content (AvgIpc) is 3.77. The van der Waals surface area contributed by atoms with Crippen molar-refractivity contribution >= 4 is 50.6 Å². The number of hydrogen-bond acceptors (Lipinski definition) is 3. The minimum absolute atomic E-state index is 0.115. The molecule has 63 heavy (non-hydrogen) atoms. The highest BCUT2D eigenvalue weighted by Crippen LogP contribution is 2.51. The Labute approximate surface area is 369 Å². The molecule has 2 aliphatic rings. The standard InChI is InChI=1S/C59H48N4/c1-5-48-56(61-43-15-13-14-39(2)36-43)33-32-51-52-37-42(25-34-57(52)63(58(48)51)44-16-7-6-8-17-44)40-21-26-45(27-22-40)62(46-28-23-41(24-29-46)55-20-11-12-35-60-55)47-30-31-50-49-18-9-10-19-53(49)59(3,4)54(50)38-47/h5-13,15-39,61H,1,14H2,2-4H3. The molecule has 304 valence electrons. The zero-order chi connectivity index (χ0) is 42.7. The second-order valence-electron chi connectivity index (χ2n) is 17.4. The molecule has 11 rings (SSSR count). The Morgan fingerprint density at radius 3 is 2.11 bits per heavy atom. The highest BCUT2D eigenvalue weighted by atomic mass is 15.1. The largest absolute Gasteiger partial charge is 0.355 e. The van der Waals surface area contributed by atoms with Gasteiger partial charge in [0.15, 0.2) is 0 Å². The molecular weight excluding hydrogens is 765 g/mol. The van der Waals surface area contributed by atoms with Gasteiger partial charge in [-0.1, -0.05) is 137 Å². The molecular formula is C59H48N4. The van der Waals surface area contributed by atoms with Crippen LogP contribution in [0, 0.1) is 5.92 Å². The van der Waals surface area contributed by atoms with E-state index in [1.54, 1.807) is 0 Å². The Kier molecular flexibility index (Phi) is 9.31. The summed E-state index contributed by atoms with van der Waals surface area (Å²) in [6, 6.07) is 61.7. The number of para-hydroxylation sites is 1. The van der Waals surface area contributed by atoms with E-state index in [1.807, 2.05) is 24.4 Å². The van der Waals surface area contributed by atoms with Crippen molar-refractivity contribution in [3.63, 3.8) is 0 Å². The minimum Gasteiger partial charge on any atom is -0.355 e. The van der Waals surface area contributed by atoms with Crippen LogP contribution in [0.2, 0.25) is 0 Å². The summed E-state index contributed by atoms with van der Waals surface area (Å²) in [5.41, 5.74) is 19.6. The molecule has 4 heteroatoms. The van der Waals surface area contributed by atoms with Crippen LogP contribution in [0.4, 0.5) is 22.7 Å². The molecule has 1 N–H and O–H groups in total. The van der Waals surface area contributed by atoms with E-state index in [0.717, 1.165) is 74.0 Å². The van der Waals surface area contributed by atoms with Crippen LogP contribution in [-0.2, 0) is 5.41 Å². The van der Waals surface area contributed by atoms with Crippen LogP contribution >= 0.6 is 0 Å². The Balaban J connectivity index is 1.01. The van der Waals surface area contributed by atoms with Crippen LogP contribution in [-0.4, -0.2) is 9.55 Å². The molecule has 2 heterocycles. The first-order chi connectivity index (χ1) is 30.9. The Morgan fingerprint density at radius 2 is 1.37 bits per heavy atom. The van der Waals surface area contributed by atoms with Gasteiger partial charge >= 0.3 is 0 Å². The molecule has 0 spiro atoms. The fraction of sp³-hybridized carbons (Fsp3) is 0.102. The number of pyridine rings is 1. The molecule has 0 bridgehead atoms. The maximum absolute atomic E-state index is 4.62. The van der Waals surface area contributed by atoms with Crippen molar-refractivity contribution in [1.82, 2.24) is 9.55 Å². The number of fused-ring (bicyclic) bond motifs is 6. The van der Waals surface area contributed by atoms with E-state index < -0.39 is 0 Å². The molecule has 0 fully saturated rings. The van der Waals surface area contributed by atoms with E-state index in [0.29, 0.717) is 5.92 Å². The number of aromatic nitrogens is 2. The van der Waals surface area contributed by atoms with Crippen LogP contribution in [0.3, 0.4) is 0 Å². The maximum atomic E-state index is 4.62. The lowest BCUT2D eigenvalue weighted by atomic mass is 9.82. The smallest absolute Gasteiger partial charge is 0.0701 e. The van der Waals surface area contributed by atoms with Crippen molar-refractivity contribution in [3.8, 4) is 39.2 Å². The Hall–Kier alpha value is -7.69. The Morgan fingerprint density at radius 1 is 0.667 bits per heavy atom. The number of allylic oxidation sites excluding steroid dienone is 3. The van der Waals surface area contributed by atoms with Gasteiger partial charge in [-0.15, -0.1) is 0 Å². The van der Waals surface area contributed by atoms with Crippen LogP contribution in [0.15, 0.2) is 207 Å². The summed E-state index contributed by atoms with van der Waals surface area (Å²) >= 11 is 0. The van der Waals surface area contributed by atoms with Gasteiger partial charge in [-0.25, -0.2) is 0 Å². The minimum atomic E-state index is -0.115. The first-order valence-corrected chi connectivity index (χ1v) is 22.0. The van der Waals surface area contributed by atoms with Gasteiger partial charge in [-0.05, 0) is 131 Å². The predicted molar refractivity (Wildman–Crippen MR) is 266 cm³/mol. The van der Waals surface area contributed by atoms with Gasteiger partial charge in [-0.3, -0.25) is 4.98 Å². The van der Waals surface area contributed by atoms with Crippen molar-refractivity contribution in [2.45, 2.75) is 32.6 Å². The van der Waals surface area contributed by atoms with Crippen molar-refractivity contribution in [2.24, 2.45) is 5.92 Å². The number of benzene rings is 7. The second-order valence-corrected chi connectivity index (χ2v) is 17.4. The summed E-state index contributed by atoms with van der Waals surface area (Å²) < 4.78 is 2.39. The first kappa shape index (κ1) is 38.2. The summed E-state index contributed by atoms with van der Waals surface area (Å²) in [5.74, 6) is 0.494. The number of hydrogen-bond donors (Lipinski definition) is 1. The molecule has 7 aromatic carbocycles. The number of nitrogens with one attached hydrogen (secondary N) is 1.